The van der Waals surface area contributed by atoms with Gasteiger partial charge in [-0.2, -0.15) is 13.2 Å². The van der Waals surface area contributed by atoms with Gasteiger partial charge in [-0.3, -0.25) is 4.79 Å². The highest BCUT2D eigenvalue weighted by Gasteiger charge is 2.52. The maximum atomic E-state index is 14.5. The number of hydrogen-bond acceptors (Lipinski definition) is 6. The van der Waals surface area contributed by atoms with Crippen molar-refractivity contribution in [3.8, 4) is 0 Å². The molecule has 162 valence electrons. The Morgan fingerprint density at radius 1 is 1.33 bits per heavy atom. The molecule has 3 N–H and O–H groups in total. The minimum absolute atomic E-state index is 0.0992. The molecule has 0 aliphatic carbocycles. The maximum absolute atomic E-state index is 14.5. The number of halogens is 6. The number of aliphatic imine (C=N–C) groups is 1. The first-order valence-corrected chi connectivity index (χ1v) is 8.34. The summed E-state index contributed by atoms with van der Waals surface area (Å²) >= 11 is 0. The zero-order chi connectivity index (χ0) is 22.1. The number of nitrogens with zero attached hydrogens (tertiary/aromatic N) is 2. The van der Waals surface area contributed by atoms with Crippen molar-refractivity contribution in [2.75, 3.05) is 12.0 Å². The van der Waals surface area contributed by atoms with Crippen LogP contribution in [-0.4, -0.2) is 35.9 Å². The highest BCUT2D eigenvalue weighted by atomic mass is 19.4. The number of hydrogen-bond donors (Lipinski definition) is 2. The Bertz CT molecular complexity index is 977. The lowest BCUT2D eigenvalue weighted by Gasteiger charge is -2.36. The molecule has 0 fully saturated rings. The number of amides is 1. The molecule has 7 nitrogen and oxygen atoms in total. The second kappa shape index (κ2) is 7.88. The predicted molar refractivity (Wildman–Crippen MR) is 90.5 cm³/mol. The van der Waals surface area contributed by atoms with Crippen LogP contribution in [-0.2, 0) is 17.0 Å². The van der Waals surface area contributed by atoms with E-state index in [0.29, 0.717) is 0 Å². The van der Waals surface area contributed by atoms with Gasteiger partial charge in [-0.05, 0) is 18.2 Å². The summed E-state index contributed by atoms with van der Waals surface area (Å²) in [5.41, 5.74) is 2.02. The second-order valence-corrected chi connectivity index (χ2v) is 6.38. The molecule has 2 heterocycles. The fraction of sp³-hybridized carbons (Fsp3) is 0.353. The highest BCUT2D eigenvalue weighted by Crippen LogP contribution is 2.42. The average Bonchev–Trinajstić information content (AvgIpc) is 3.17. The molecule has 0 saturated heterocycles. The predicted octanol–water partition coefficient (Wildman–Crippen LogP) is 3.37. The van der Waals surface area contributed by atoms with E-state index in [1.807, 2.05) is 0 Å². The highest BCUT2D eigenvalue weighted by molar-refractivity contribution is 6.02. The van der Waals surface area contributed by atoms with Crippen LogP contribution >= 0.6 is 0 Å². The van der Waals surface area contributed by atoms with Crippen LogP contribution in [0.4, 0.5) is 32.0 Å². The number of anilines is 1. The van der Waals surface area contributed by atoms with E-state index in [1.165, 1.54) is 0 Å². The minimum atomic E-state index is -4.90. The quantitative estimate of drug-likeness (QED) is 0.700. The lowest BCUT2D eigenvalue weighted by atomic mass is 9.84. The fourth-order valence-corrected chi connectivity index (χ4v) is 2.92. The molecule has 1 aliphatic heterocycles. The number of benzene rings is 1. The molecule has 1 amide bonds. The molecule has 3 rings (SSSR count). The van der Waals surface area contributed by atoms with Crippen LogP contribution in [0.2, 0.25) is 0 Å². The van der Waals surface area contributed by atoms with Crippen LogP contribution in [0.1, 0.15) is 28.4 Å². The Balaban J connectivity index is 1.95. The van der Waals surface area contributed by atoms with Crippen LogP contribution in [0, 0.1) is 5.82 Å². The van der Waals surface area contributed by atoms with Crippen LogP contribution in [0.3, 0.4) is 0 Å². The SMILES string of the molecule is NC1=N[C@](CF)(c2cc(NC(=O)c3coc(CF)n3)ccc2F)C[C@@H](C(F)(F)F)O1. The topological polar surface area (TPSA) is 103 Å². The van der Waals surface area contributed by atoms with Gasteiger partial charge in [0, 0.05) is 17.7 Å². The van der Waals surface area contributed by atoms with Crippen LogP contribution in [0.5, 0.6) is 0 Å². The van der Waals surface area contributed by atoms with Crippen molar-refractivity contribution in [2.24, 2.45) is 10.7 Å². The van der Waals surface area contributed by atoms with E-state index >= 15 is 0 Å². The van der Waals surface area contributed by atoms with Crippen molar-refractivity contribution in [1.29, 1.82) is 0 Å². The summed E-state index contributed by atoms with van der Waals surface area (Å²) in [4.78, 5) is 19.3. The molecule has 2 atom stereocenters. The van der Waals surface area contributed by atoms with Gasteiger partial charge in [0.15, 0.2) is 18.5 Å². The van der Waals surface area contributed by atoms with Crippen molar-refractivity contribution < 1.29 is 40.3 Å². The monoisotopic (exact) mass is 436 g/mol. The van der Waals surface area contributed by atoms with Crippen molar-refractivity contribution in [3.05, 3.63) is 47.4 Å². The first kappa shape index (κ1) is 21.5. The van der Waals surface area contributed by atoms with E-state index in [1.54, 1.807) is 0 Å². The summed E-state index contributed by atoms with van der Waals surface area (Å²) in [7, 11) is 0. The Morgan fingerprint density at radius 3 is 2.67 bits per heavy atom. The molecule has 1 aliphatic rings. The van der Waals surface area contributed by atoms with Gasteiger partial charge in [0.05, 0.1) is 0 Å². The third kappa shape index (κ3) is 4.19. The molecule has 0 saturated carbocycles. The van der Waals surface area contributed by atoms with E-state index in [9.17, 15) is 31.1 Å². The molecule has 2 aromatic rings. The molecule has 0 unspecified atom stereocenters. The van der Waals surface area contributed by atoms with Crippen LogP contribution in [0.25, 0.3) is 0 Å². The van der Waals surface area contributed by atoms with Gasteiger partial charge in [-0.1, -0.05) is 0 Å². The zero-order valence-corrected chi connectivity index (χ0v) is 15.0. The number of alkyl halides is 5. The van der Waals surface area contributed by atoms with Crippen LogP contribution in [0.15, 0.2) is 33.9 Å². The number of carbonyl (C=O) groups excluding carboxylic acids is 1. The van der Waals surface area contributed by atoms with Crippen molar-refractivity contribution in [3.63, 3.8) is 0 Å². The van der Waals surface area contributed by atoms with Crippen molar-refractivity contribution in [1.82, 2.24) is 4.98 Å². The Morgan fingerprint density at radius 2 is 2.07 bits per heavy atom. The Hall–Kier alpha value is -3.25. The lowest BCUT2D eigenvalue weighted by Crippen LogP contribution is -2.48. The molecule has 30 heavy (non-hydrogen) atoms. The smallest absolute Gasteiger partial charge is 0.425 e. The Labute approximate surface area is 164 Å². The van der Waals surface area contributed by atoms with E-state index in [-0.39, 0.29) is 17.3 Å². The van der Waals surface area contributed by atoms with E-state index in [4.69, 9.17) is 10.2 Å². The summed E-state index contributed by atoms with van der Waals surface area (Å²) in [5, 5.41) is 2.29. The Kier molecular flexibility index (Phi) is 5.63. The van der Waals surface area contributed by atoms with Crippen LogP contribution < -0.4 is 11.1 Å². The maximum Gasteiger partial charge on any atom is 0.425 e. The van der Waals surface area contributed by atoms with Crippen molar-refractivity contribution >= 4 is 17.6 Å². The number of nitrogens with two attached hydrogens (primary N) is 1. The van der Waals surface area contributed by atoms with E-state index in [2.05, 4.69) is 20.0 Å². The first-order valence-electron chi connectivity index (χ1n) is 8.34. The van der Waals surface area contributed by atoms with Gasteiger partial charge < -0.3 is 20.2 Å². The molecule has 13 heteroatoms. The summed E-state index contributed by atoms with van der Waals surface area (Å²) < 4.78 is 89.4. The van der Waals surface area contributed by atoms with Gasteiger partial charge in [0.1, 0.15) is 24.3 Å². The molecular formula is C17H14F6N4O3. The van der Waals surface area contributed by atoms with Gasteiger partial charge in [0.25, 0.3) is 11.9 Å². The normalized spacial score (nSPS) is 21.7. The third-order valence-electron chi connectivity index (χ3n) is 4.32. The number of oxazole rings is 1. The number of amidine groups is 1. The number of rotatable bonds is 5. The molecule has 0 radical (unpaired) electrons. The zero-order valence-electron chi connectivity index (χ0n) is 15.0. The number of carbonyl (C=O) groups is 1. The van der Waals surface area contributed by atoms with Gasteiger partial charge in [-0.25, -0.2) is 23.1 Å². The number of nitrogens with one attached hydrogen (secondary N) is 1. The minimum Gasteiger partial charge on any atom is -0.452 e. The van der Waals surface area contributed by atoms with Gasteiger partial charge in [-0.15, -0.1) is 0 Å². The lowest BCUT2D eigenvalue weighted by molar-refractivity contribution is -0.209. The molecular weight excluding hydrogens is 422 g/mol. The van der Waals surface area contributed by atoms with Gasteiger partial charge >= 0.3 is 6.18 Å². The summed E-state index contributed by atoms with van der Waals surface area (Å²) in [6.07, 6.45) is -7.58. The first-order chi connectivity index (χ1) is 14.1. The summed E-state index contributed by atoms with van der Waals surface area (Å²) in [5.74, 6) is -2.28. The average molecular weight is 436 g/mol. The largest absolute Gasteiger partial charge is 0.452 e. The third-order valence-corrected chi connectivity index (χ3v) is 4.32. The van der Waals surface area contributed by atoms with Gasteiger partial charge in [0.2, 0.25) is 5.89 Å². The number of aromatic nitrogens is 1. The second-order valence-electron chi connectivity index (χ2n) is 6.38. The summed E-state index contributed by atoms with van der Waals surface area (Å²) in [6.45, 7) is -2.56. The molecule has 1 aromatic heterocycles. The van der Waals surface area contributed by atoms with E-state index in [0.717, 1.165) is 24.5 Å². The number of ether oxygens (including phenoxy) is 1. The van der Waals surface area contributed by atoms with E-state index < -0.39 is 60.9 Å². The standard InChI is InChI=1S/C17H14F6N4O3/c18-5-13-26-11(6-29-13)14(28)25-8-1-2-10(20)9(3-8)16(7-19)4-12(17(21,22)23)30-15(24)27-16/h1-3,6,12H,4-5,7H2,(H2,24,27)(H,25,28)/t12-,16+/m0/s1. The summed E-state index contributed by atoms with van der Waals surface area (Å²) in [6, 6.07) is 1.89. The molecule has 1 aromatic carbocycles. The fourth-order valence-electron chi connectivity index (χ4n) is 2.92. The van der Waals surface area contributed by atoms with Crippen molar-refractivity contribution in [2.45, 2.75) is 30.9 Å². The molecule has 0 bridgehead atoms. The molecule has 0 spiro atoms.